The Kier molecular flexibility index (Phi) is 5.51. The van der Waals surface area contributed by atoms with E-state index in [4.69, 9.17) is 4.98 Å². The zero-order chi connectivity index (χ0) is 22.3. The molecule has 0 unspecified atom stereocenters. The summed E-state index contributed by atoms with van der Waals surface area (Å²) >= 11 is 1.58. The number of fused-ring (bicyclic) bond motifs is 1. The number of nitriles is 1. The van der Waals surface area contributed by atoms with Gasteiger partial charge in [0.1, 0.15) is 10.7 Å². The number of aryl methyl sites for hydroxylation is 3. The molecule has 31 heavy (non-hydrogen) atoms. The highest BCUT2D eigenvalue weighted by molar-refractivity contribution is 7.19. The summed E-state index contributed by atoms with van der Waals surface area (Å²) in [5.41, 5.74) is 5.97. The lowest BCUT2D eigenvalue weighted by Gasteiger charge is -2.16. The van der Waals surface area contributed by atoms with Gasteiger partial charge in [0, 0.05) is 16.4 Å². The smallest absolute Gasteiger partial charge is 0.263 e. The normalized spacial score (nSPS) is 11.3. The van der Waals surface area contributed by atoms with E-state index < -0.39 is 0 Å². The fourth-order valence-electron chi connectivity index (χ4n) is 3.97. The summed E-state index contributed by atoms with van der Waals surface area (Å²) in [5, 5.41) is 9.93. The van der Waals surface area contributed by atoms with Crippen molar-refractivity contribution in [3.8, 4) is 17.2 Å². The van der Waals surface area contributed by atoms with E-state index in [1.165, 1.54) is 11.1 Å². The summed E-state index contributed by atoms with van der Waals surface area (Å²) in [6.45, 7) is 10.8. The second-order valence-corrected chi connectivity index (χ2v) is 9.54. The Morgan fingerprint density at radius 3 is 2.55 bits per heavy atom. The highest BCUT2D eigenvalue weighted by Gasteiger charge is 2.21. The molecule has 2 heterocycles. The van der Waals surface area contributed by atoms with Crippen LogP contribution in [-0.4, -0.2) is 9.55 Å². The molecule has 2 aromatic heterocycles. The van der Waals surface area contributed by atoms with E-state index in [0.717, 1.165) is 32.2 Å². The lowest BCUT2D eigenvalue weighted by molar-refractivity contribution is 0.635. The topological polar surface area (TPSA) is 58.7 Å². The Balaban J connectivity index is 1.98. The molecule has 0 aliphatic rings. The molecule has 0 saturated heterocycles. The number of thiophene rings is 1. The van der Waals surface area contributed by atoms with Gasteiger partial charge in [0.05, 0.1) is 23.6 Å². The molecule has 2 aromatic carbocycles. The van der Waals surface area contributed by atoms with Crippen molar-refractivity contribution in [3.05, 3.63) is 85.8 Å². The van der Waals surface area contributed by atoms with Crippen molar-refractivity contribution in [2.24, 2.45) is 0 Å². The molecule has 4 nitrogen and oxygen atoms in total. The van der Waals surface area contributed by atoms with Crippen LogP contribution in [0.3, 0.4) is 0 Å². The van der Waals surface area contributed by atoms with Gasteiger partial charge in [0.25, 0.3) is 5.56 Å². The number of hydrogen-bond acceptors (Lipinski definition) is 4. The van der Waals surface area contributed by atoms with Crippen molar-refractivity contribution in [1.29, 1.82) is 5.26 Å². The second kappa shape index (κ2) is 8.13. The van der Waals surface area contributed by atoms with Gasteiger partial charge in [-0.05, 0) is 55.2 Å². The first-order valence-corrected chi connectivity index (χ1v) is 11.2. The summed E-state index contributed by atoms with van der Waals surface area (Å²) in [4.78, 5) is 20.7. The Morgan fingerprint density at radius 2 is 1.87 bits per heavy atom. The number of rotatable bonds is 4. The lowest BCUT2D eigenvalue weighted by atomic mass is 9.99. The van der Waals surface area contributed by atoms with E-state index >= 15 is 0 Å². The van der Waals surface area contributed by atoms with Gasteiger partial charge in [0.15, 0.2) is 0 Å². The molecule has 0 aliphatic heterocycles. The van der Waals surface area contributed by atoms with Gasteiger partial charge in [-0.1, -0.05) is 44.2 Å². The molecule has 5 heteroatoms. The van der Waals surface area contributed by atoms with Gasteiger partial charge in [-0.3, -0.25) is 9.36 Å². The molecule has 0 fully saturated rings. The highest BCUT2D eigenvalue weighted by Crippen LogP contribution is 2.37. The molecule has 4 aromatic rings. The van der Waals surface area contributed by atoms with Crippen LogP contribution in [0.1, 0.15) is 52.7 Å². The highest BCUT2D eigenvalue weighted by atomic mass is 32.1. The van der Waals surface area contributed by atoms with Crippen molar-refractivity contribution in [2.75, 3.05) is 0 Å². The van der Waals surface area contributed by atoms with Crippen LogP contribution in [0.25, 0.3) is 21.3 Å². The summed E-state index contributed by atoms with van der Waals surface area (Å²) in [7, 11) is 0. The van der Waals surface area contributed by atoms with Crippen LogP contribution in [0.5, 0.6) is 0 Å². The SMILES string of the molecule is Cc1ccc(-c2c(C)sc3nc(C(C)C)n(Cc4cccc(C#N)c4)c(=O)c23)cc1C. The second-order valence-electron chi connectivity index (χ2n) is 8.34. The predicted molar refractivity (Wildman–Crippen MR) is 128 cm³/mol. The van der Waals surface area contributed by atoms with Gasteiger partial charge >= 0.3 is 0 Å². The molecule has 0 atom stereocenters. The Hall–Kier alpha value is -3.23. The lowest BCUT2D eigenvalue weighted by Crippen LogP contribution is -2.26. The molecule has 0 N–H and O–H groups in total. The third-order valence-electron chi connectivity index (χ3n) is 5.73. The van der Waals surface area contributed by atoms with E-state index in [-0.39, 0.29) is 11.5 Å². The molecule has 0 aliphatic carbocycles. The minimum atomic E-state index is -0.0198. The molecule has 0 bridgehead atoms. The molecular weight excluding hydrogens is 402 g/mol. The molecule has 4 rings (SSSR count). The largest absolute Gasteiger partial charge is 0.291 e. The molecule has 0 spiro atoms. The molecule has 0 radical (unpaired) electrons. The monoisotopic (exact) mass is 427 g/mol. The zero-order valence-corrected chi connectivity index (χ0v) is 19.3. The van der Waals surface area contributed by atoms with Crippen LogP contribution < -0.4 is 5.56 Å². The maximum absolute atomic E-state index is 13.8. The van der Waals surface area contributed by atoms with Gasteiger partial charge in [-0.25, -0.2) is 4.98 Å². The maximum Gasteiger partial charge on any atom is 0.263 e. The summed E-state index contributed by atoms with van der Waals surface area (Å²) < 4.78 is 1.78. The van der Waals surface area contributed by atoms with E-state index in [1.54, 1.807) is 22.0 Å². The van der Waals surface area contributed by atoms with Crippen LogP contribution in [-0.2, 0) is 6.54 Å². The first-order chi connectivity index (χ1) is 14.8. The van der Waals surface area contributed by atoms with Gasteiger partial charge < -0.3 is 0 Å². The van der Waals surface area contributed by atoms with E-state index in [1.807, 2.05) is 18.2 Å². The third kappa shape index (κ3) is 3.80. The quantitative estimate of drug-likeness (QED) is 0.396. The minimum Gasteiger partial charge on any atom is -0.291 e. The van der Waals surface area contributed by atoms with Crippen LogP contribution in [0.4, 0.5) is 0 Å². The fourth-order valence-corrected chi connectivity index (χ4v) is 5.01. The average Bonchev–Trinajstić information content (AvgIpc) is 3.08. The summed E-state index contributed by atoms with van der Waals surface area (Å²) in [6, 6.07) is 15.9. The molecule has 0 saturated carbocycles. The van der Waals surface area contributed by atoms with Crippen molar-refractivity contribution in [1.82, 2.24) is 9.55 Å². The van der Waals surface area contributed by atoms with Crippen molar-refractivity contribution >= 4 is 21.6 Å². The van der Waals surface area contributed by atoms with Gasteiger partial charge in [0.2, 0.25) is 0 Å². The fraction of sp³-hybridized carbons (Fsp3) is 0.269. The van der Waals surface area contributed by atoms with Crippen molar-refractivity contribution in [3.63, 3.8) is 0 Å². The number of benzene rings is 2. The van der Waals surface area contributed by atoms with Crippen LogP contribution in [0.2, 0.25) is 0 Å². The van der Waals surface area contributed by atoms with Crippen LogP contribution >= 0.6 is 11.3 Å². The molecule has 156 valence electrons. The van der Waals surface area contributed by atoms with E-state index in [2.05, 4.69) is 58.9 Å². The third-order valence-corrected chi connectivity index (χ3v) is 6.73. The molecule has 0 amide bonds. The zero-order valence-electron chi connectivity index (χ0n) is 18.5. The maximum atomic E-state index is 13.8. The minimum absolute atomic E-state index is 0.0198. The average molecular weight is 428 g/mol. The van der Waals surface area contributed by atoms with Gasteiger partial charge in [-0.15, -0.1) is 11.3 Å². The summed E-state index contributed by atoms with van der Waals surface area (Å²) in [5.74, 6) is 0.872. The Bertz CT molecular complexity index is 1400. The summed E-state index contributed by atoms with van der Waals surface area (Å²) in [6.07, 6.45) is 0. The first-order valence-electron chi connectivity index (χ1n) is 10.4. The Labute approximate surface area is 186 Å². The number of nitrogens with zero attached hydrogens (tertiary/aromatic N) is 3. The van der Waals surface area contributed by atoms with Gasteiger partial charge in [-0.2, -0.15) is 5.26 Å². The number of aromatic nitrogens is 2. The van der Waals surface area contributed by atoms with E-state index in [9.17, 15) is 10.1 Å². The Morgan fingerprint density at radius 1 is 1.10 bits per heavy atom. The number of hydrogen-bond donors (Lipinski definition) is 0. The van der Waals surface area contributed by atoms with Crippen LogP contribution in [0, 0.1) is 32.1 Å². The van der Waals surface area contributed by atoms with E-state index in [0.29, 0.717) is 17.5 Å². The first kappa shape index (κ1) is 21.0. The van der Waals surface area contributed by atoms with Crippen LogP contribution in [0.15, 0.2) is 47.3 Å². The van der Waals surface area contributed by atoms with Crippen molar-refractivity contribution in [2.45, 2.75) is 47.1 Å². The predicted octanol–water partition coefficient (Wildman–Crippen LogP) is 6.09. The van der Waals surface area contributed by atoms with Crippen molar-refractivity contribution < 1.29 is 0 Å². The standard InChI is InChI=1S/C26H25N3OS/c1-15(2)24-28-25-23(22(18(5)31-25)21-10-9-16(3)17(4)11-21)26(30)29(24)14-20-8-6-7-19(12-20)13-27/h6-12,15H,14H2,1-5H3. The molecular formula is C26H25N3OS.